The highest BCUT2D eigenvalue weighted by Gasteiger charge is 2.24. The molecule has 0 radical (unpaired) electrons. The highest BCUT2D eigenvalue weighted by Crippen LogP contribution is 2.23. The van der Waals surface area contributed by atoms with E-state index >= 15 is 0 Å². The quantitative estimate of drug-likeness (QED) is 0.836. The van der Waals surface area contributed by atoms with E-state index < -0.39 is 0 Å². The molecular weight excluding hydrogens is 334 g/mol. The van der Waals surface area contributed by atoms with Crippen LogP contribution in [0.15, 0.2) is 16.9 Å². The SMILES string of the molecule is Cc1noc(N2CCC(COc3cnc(N4CCC(N)C4)nc3)CC2)n1. The van der Waals surface area contributed by atoms with Crippen molar-refractivity contribution in [3.63, 3.8) is 0 Å². The van der Waals surface area contributed by atoms with E-state index in [1.807, 2.05) is 6.92 Å². The van der Waals surface area contributed by atoms with Gasteiger partial charge in [0.15, 0.2) is 11.6 Å². The largest absolute Gasteiger partial charge is 0.490 e. The molecule has 0 saturated carbocycles. The van der Waals surface area contributed by atoms with Crippen molar-refractivity contribution >= 4 is 12.0 Å². The van der Waals surface area contributed by atoms with Gasteiger partial charge in [-0.3, -0.25) is 0 Å². The van der Waals surface area contributed by atoms with Gasteiger partial charge < -0.3 is 24.8 Å². The van der Waals surface area contributed by atoms with Gasteiger partial charge in [0.25, 0.3) is 0 Å². The number of hydrogen-bond donors (Lipinski definition) is 1. The van der Waals surface area contributed by atoms with Gasteiger partial charge in [0.2, 0.25) is 5.95 Å². The number of aryl methyl sites for hydroxylation is 1. The van der Waals surface area contributed by atoms with E-state index in [9.17, 15) is 0 Å². The van der Waals surface area contributed by atoms with Crippen LogP contribution in [0.5, 0.6) is 5.75 Å². The average Bonchev–Trinajstić information content (AvgIpc) is 3.29. The topological polar surface area (TPSA) is 106 Å². The second-order valence-corrected chi connectivity index (χ2v) is 7.08. The lowest BCUT2D eigenvalue weighted by Crippen LogP contribution is -2.35. The number of nitrogens with zero attached hydrogens (tertiary/aromatic N) is 6. The summed E-state index contributed by atoms with van der Waals surface area (Å²) in [6, 6.07) is 0.837. The Kier molecular flexibility index (Phi) is 4.87. The summed E-state index contributed by atoms with van der Waals surface area (Å²) in [4.78, 5) is 17.4. The van der Waals surface area contributed by atoms with Crippen LogP contribution in [0, 0.1) is 12.8 Å². The first kappa shape index (κ1) is 17.0. The molecule has 2 aromatic rings. The smallest absolute Gasteiger partial charge is 0.324 e. The first-order valence-corrected chi connectivity index (χ1v) is 9.18. The highest BCUT2D eigenvalue weighted by atomic mass is 16.5. The molecule has 2 aliphatic heterocycles. The molecule has 4 rings (SSSR count). The molecule has 2 fully saturated rings. The van der Waals surface area contributed by atoms with Crippen molar-refractivity contribution in [2.24, 2.45) is 11.7 Å². The molecule has 1 unspecified atom stereocenters. The minimum absolute atomic E-state index is 0.219. The molecule has 2 aromatic heterocycles. The Hall–Kier alpha value is -2.42. The van der Waals surface area contributed by atoms with Crippen LogP contribution in [0.1, 0.15) is 25.1 Å². The fraction of sp³-hybridized carbons (Fsp3) is 0.647. The van der Waals surface area contributed by atoms with Crippen molar-refractivity contribution in [1.82, 2.24) is 20.1 Å². The van der Waals surface area contributed by atoms with E-state index in [-0.39, 0.29) is 6.04 Å². The van der Waals surface area contributed by atoms with Crippen molar-refractivity contribution in [3.8, 4) is 5.75 Å². The van der Waals surface area contributed by atoms with Crippen molar-refractivity contribution in [3.05, 3.63) is 18.2 Å². The van der Waals surface area contributed by atoms with Gasteiger partial charge in [-0.15, -0.1) is 0 Å². The van der Waals surface area contributed by atoms with Crippen LogP contribution in [-0.2, 0) is 0 Å². The van der Waals surface area contributed by atoms with Crippen LogP contribution >= 0.6 is 0 Å². The molecule has 26 heavy (non-hydrogen) atoms. The first-order valence-electron chi connectivity index (χ1n) is 9.18. The third kappa shape index (κ3) is 3.87. The first-order chi connectivity index (χ1) is 12.7. The van der Waals surface area contributed by atoms with Gasteiger partial charge in [0.05, 0.1) is 19.0 Å². The number of anilines is 2. The van der Waals surface area contributed by atoms with Gasteiger partial charge in [-0.25, -0.2) is 9.97 Å². The predicted octanol–water partition coefficient (Wildman–Crippen LogP) is 1.00. The number of hydrogen-bond acceptors (Lipinski definition) is 9. The average molecular weight is 359 g/mol. The lowest BCUT2D eigenvalue weighted by Gasteiger charge is -2.30. The van der Waals surface area contributed by atoms with E-state index in [0.29, 0.717) is 30.1 Å². The molecule has 140 valence electrons. The molecule has 0 amide bonds. The minimum atomic E-state index is 0.219. The summed E-state index contributed by atoms with van der Waals surface area (Å²) in [5.41, 5.74) is 5.93. The molecule has 2 N–H and O–H groups in total. The normalized spacial score (nSPS) is 21.4. The van der Waals surface area contributed by atoms with Gasteiger partial charge in [-0.2, -0.15) is 4.98 Å². The van der Waals surface area contributed by atoms with Crippen molar-refractivity contribution in [2.75, 3.05) is 42.6 Å². The Balaban J connectivity index is 1.23. The van der Waals surface area contributed by atoms with E-state index in [2.05, 4.69) is 29.9 Å². The fourth-order valence-corrected chi connectivity index (χ4v) is 3.44. The molecular formula is C17H25N7O2. The van der Waals surface area contributed by atoms with E-state index in [1.54, 1.807) is 12.4 Å². The molecule has 4 heterocycles. The molecule has 2 aliphatic rings. The van der Waals surface area contributed by atoms with Crippen LogP contribution in [0.25, 0.3) is 0 Å². The maximum Gasteiger partial charge on any atom is 0.324 e. The molecule has 2 saturated heterocycles. The van der Waals surface area contributed by atoms with Gasteiger partial charge in [0.1, 0.15) is 0 Å². The molecule has 0 aromatic carbocycles. The van der Waals surface area contributed by atoms with Crippen molar-refractivity contribution in [2.45, 2.75) is 32.2 Å². The van der Waals surface area contributed by atoms with Crippen LogP contribution < -0.4 is 20.3 Å². The summed E-state index contributed by atoms with van der Waals surface area (Å²) in [7, 11) is 0. The monoisotopic (exact) mass is 359 g/mol. The van der Waals surface area contributed by atoms with Gasteiger partial charge in [-0.1, -0.05) is 5.16 Å². The number of aromatic nitrogens is 4. The van der Waals surface area contributed by atoms with Crippen molar-refractivity contribution in [1.29, 1.82) is 0 Å². The van der Waals surface area contributed by atoms with E-state index in [4.69, 9.17) is 15.0 Å². The molecule has 1 atom stereocenters. The third-order valence-corrected chi connectivity index (χ3v) is 5.01. The van der Waals surface area contributed by atoms with Gasteiger partial charge in [-0.05, 0) is 32.1 Å². The third-order valence-electron chi connectivity index (χ3n) is 5.01. The second kappa shape index (κ2) is 7.45. The summed E-state index contributed by atoms with van der Waals surface area (Å²) in [5.74, 6) is 2.62. The zero-order valence-corrected chi connectivity index (χ0v) is 15.0. The maximum atomic E-state index is 5.93. The Morgan fingerprint density at radius 2 is 1.88 bits per heavy atom. The lowest BCUT2D eigenvalue weighted by molar-refractivity contribution is 0.219. The number of piperidine rings is 1. The predicted molar refractivity (Wildman–Crippen MR) is 96.3 cm³/mol. The summed E-state index contributed by atoms with van der Waals surface area (Å²) in [6.07, 6.45) is 6.56. The van der Waals surface area contributed by atoms with Crippen LogP contribution in [-0.4, -0.2) is 58.9 Å². The molecule has 9 heteroatoms. The summed E-state index contributed by atoms with van der Waals surface area (Å²) >= 11 is 0. The van der Waals surface area contributed by atoms with Crippen LogP contribution in [0.2, 0.25) is 0 Å². The van der Waals surface area contributed by atoms with E-state index in [1.165, 1.54) is 0 Å². The fourth-order valence-electron chi connectivity index (χ4n) is 3.44. The maximum absolute atomic E-state index is 5.93. The lowest BCUT2D eigenvalue weighted by atomic mass is 9.98. The molecule has 9 nitrogen and oxygen atoms in total. The molecule has 0 bridgehead atoms. The number of ether oxygens (including phenoxy) is 1. The number of nitrogens with two attached hydrogens (primary N) is 1. The summed E-state index contributed by atoms with van der Waals surface area (Å²) in [6.45, 7) is 6.05. The Morgan fingerprint density at radius 1 is 1.15 bits per heavy atom. The van der Waals surface area contributed by atoms with Gasteiger partial charge in [0, 0.05) is 32.2 Å². The Labute approximate surface area is 152 Å². The highest BCUT2D eigenvalue weighted by molar-refractivity contribution is 5.33. The van der Waals surface area contributed by atoms with Crippen LogP contribution in [0.4, 0.5) is 12.0 Å². The second-order valence-electron chi connectivity index (χ2n) is 7.08. The van der Waals surface area contributed by atoms with Crippen molar-refractivity contribution < 1.29 is 9.26 Å². The number of rotatable bonds is 5. The Bertz CT molecular complexity index is 712. The zero-order valence-electron chi connectivity index (χ0n) is 15.0. The zero-order chi connectivity index (χ0) is 17.9. The standard InChI is InChI=1S/C17H25N7O2/c1-12-21-17(26-22-12)23-5-2-13(3-6-23)11-25-15-8-19-16(20-9-15)24-7-4-14(18)10-24/h8-9,13-14H,2-7,10-11,18H2,1H3. The molecule has 0 spiro atoms. The Morgan fingerprint density at radius 3 is 2.50 bits per heavy atom. The molecule has 0 aliphatic carbocycles. The van der Waals surface area contributed by atoms with E-state index in [0.717, 1.165) is 51.4 Å². The summed E-state index contributed by atoms with van der Waals surface area (Å²) in [5, 5.41) is 3.85. The van der Waals surface area contributed by atoms with Crippen LogP contribution in [0.3, 0.4) is 0 Å². The summed E-state index contributed by atoms with van der Waals surface area (Å²) < 4.78 is 11.1. The minimum Gasteiger partial charge on any atom is -0.490 e. The van der Waals surface area contributed by atoms with Gasteiger partial charge >= 0.3 is 6.01 Å².